The second kappa shape index (κ2) is 2.46. The molecular weight excluding hydrogens is 126 g/mol. The summed E-state index contributed by atoms with van der Waals surface area (Å²) >= 11 is 0. The fourth-order valence-corrected chi connectivity index (χ4v) is 1.34. The number of hydrogen-bond acceptors (Lipinski definition) is 2. The van der Waals surface area contributed by atoms with Gasteiger partial charge in [-0.2, -0.15) is 0 Å². The summed E-state index contributed by atoms with van der Waals surface area (Å²) in [6, 6.07) is 0. The third kappa shape index (κ3) is 0.948. The van der Waals surface area contributed by atoms with Crippen molar-refractivity contribution in [3.05, 3.63) is 23.9 Å². The normalized spacial score (nSPS) is 30.4. The molecule has 1 aliphatic carbocycles. The lowest BCUT2D eigenvalue weighted by Gasteiger charge is -2.27. The molecule has 1 saturated heterocycles. The molecule has 0 radical (unpaired) electrons. The second-order valence-electron chi connectivity index (χ2n) is 2.57. The van der Waals surface area contributed by atoms with Crippen LogP contribution in [0.2, 0.25) is 0 Å². The van der Waals surface area contributed by atoms with E-state index in [-0.39, 0.29) is 0 Å². The number of rotatable bonds is 0. The van der Waals surface area contributed by atoms with Gasteiger partial charge in [0.2, 0.25) is 0 Å². The highest BCUT2D eigenvalue weighted by Crippen LogP contribution is 2.16. The van der Waals surface area contributed by atoms with Gasteiger partial charge in [-0.25, -0.2) is 0 Å². The van der Waals surface area contributed by atoms with E-state index >= 15 is 0 Å². The Balaban J connectivity index is 2.14. The summed E-state index contributed by atoms with van der Waals surface area (Å²) < 4.78 is 5.50. The highest BCUT2D eigenvalue weighted by molar-refractivity contribution is 5.21. The first kappa shape index (κ1) is 5.98. The van der Waals surface area contributed by atoms with Gasteiger partial charge < -0.3 is 10.1 Å². The molecule has 2 rings (SSSR count). The van der Waals surface area contributed by atoms with Crippen LogP contribution in [-0.4, -0.2) is 19.3 Å². The van der Waals surface area contributed by atoms with Crippen LogP contribution in [0.3, 0.4) is 0 Å². The standard InChI is InChI=1S/C8H11NO/c1-2-4-8-7(3-1)9-5-6-10-8/h1-3,8-9H,4-6H2. The minimum absolute atomic E-state index is 0.318. The lowest BCUT2D eigenvalue weighted by molar-refractivity contribution is 0.0550. The number of morpholine rings is 1. The largest absolute Gasteiger partial charge is 0.384 e. The smallest absolute Gasteiger partial charge is 0.100 e. The molecule has 1 atom stereocenters. The highest BCUT2D eigenvalue weighted by atomic mass is 16.5. The molecule has 1 aliphatic heterocycles. The highest BCUT2D eigenvalue weighted by Gasteiger charge is 2.18. The average molecular weight is 137 g/mol. The van der Waals surface area contributed by atoms with E-state index in [4.69, 9.17) is 4.74 Å². The van der Waals surface area contributed by atoms with Crippen LogP contribution in [0.15, 0.2) is 23.9 Å². The minimum Gasteiger partial charge on any atom is -0.384 e. The second-order valence-corrected chi connectivity index (χ2v) is 2.57. The Morgan fingerprint density at radius 3 is 3.50 bits per heavy atom. The van der Waals surface area contributed by atoms with Crippen LogP contribution in [0.1, 0.15) is 6.42 Å². The van der Waals surface area contributed by atoms with Gasteiger partial charge in [-0.1, -0.05) is 12.2 Å². The minimum atomic E-state index is 0.318. The third-order valence-corrected chi connectivity index (χ3v) is 1.86. The topological polar surface area (TPSA) is 21.3 Å². The maximum absolute atomic E-state index is 5.50. The van der Waals surface area contributed by atoms with Gasteiger partial charge in [0.15, 0.2) is 0 Å². The zero-order chi connectivity index (χ0) is 6.81. The molecule has 2 heteroatoms. The molecule has 10 heavy (non-hydrogen) atoms. The number of hydrogen-bond donors (Lipinski definition) is 1. The molecule has 2 aliphatic rings. The fourth-order valence-electron chi connectivity index (χ4n) is 1.34. The van der Waals surface area contributed by atoms with Gasteiger partial charge in [0.25, 0.3) is 0 Å². The van der Waals surface area contributed by atoms with Crippen LogP contribution < -0.4 is 5.32 Å². The lowest BCUT2D eigenvalue weighted by Crippen LogP contribution is -2.36. The van der Waals surface area contributed by atoms with Crippen LogP contribution in [0.25, 0.3) is 0 Å². The maximum atomic E-state index is 5.50. The Hall–Kier alpha value is -0.760. The Kier molecular flexibility index (Phi) is 1.47. The zero-order valence-corrected chi connectivity index (χ0v) is 5.84. The van der Waals surface area contributed by atoms with Gasteiger partial charge in [0.05, 0.1) is 6.61 Å². The molecule has 1 fully saturated rings. The van der Waals surface area contributed by atoms with E-state index < -0.39 is 0 Å². The summed E-state index contributed by atoms with van der Waals surface area (Å²) in [5, 5.41) is 3.31. The maximum Gasteiger partial charge on any atom is 0.100 e. The number of allylic oxidation sites excluding steroid dienone is 2. The Morgan fingerprint density at radius 1 is 1.60 bits per heavy atom. The van der Waals surface area contributed by atoms with Gasteiger partial charge >= 0.3 is 0 Å². The van der Waals surface area contributed by atoms with Crippen molar-refractivity contribution >= 4 is 0 Å². The van der Waals surface area contributed by atoms with E-state index in [1.807, 2.05) is 0 Å². The molecule has 1 unspecified atom stereocenters. The van der Waals surface area contributed by atoms with Crippen LogP contribution in [-0.2, 0) is 4.74 Å². The third-order valence-electron chi connectivity index (χ3n) is 1.86. The summed E-state index contributed by atoms with van der Waals surface area (Å²) in [5.41, 5.74) is 1.24. The number of fused-ring (bicyclic) bond motifs is 1. The molecule has 0 aromatic heterocycles. The van der Waals surface area contributed by atoms with Crippen LogP contribution in [0.5, 0.6) is 0 Å². The molecule has 0 saturated carbocycles. The molecule has 0 aromatic carbocycles. The van der Waals surface area contributed by atoms with Crippen molar-refractivity contribution in [3.63, 3.8) is 0 Å². The monoisotopic (exact) mass is 137 g/mol. The van der Waals surface area contributed by atoms with E-state index in [2.05, 4.69) is 23.5 Å². The SMILES string of the molecule is C1=CCC2OCCNC2=C1. The van der Waals surface area contributed by atoms with Gasteiger partial charge in [-0.15, -0.1) is 0 Å². The number of nitrogens with one attached hydrogen (secondary N) is 1. The van der Waals surface area contributed by atoms with Crippen LogP contribution in [0, 0.1) is 0 Å². The molecular formula is C8H11NO. The Bertz CT molecular complexity index is 184. The summed E-state index contributed by atoms with van der Waals surface area (Å²) in [5.74, 6) is 0. The molecule has 1 N–H and O–H groups in total. The molecule has 0 bridgehead atoms. The summed E-state index contributed by atoms with van der Waals surface area (Å²) in [7, 11) is 0. The fraction of sp³-hybridized carbons (Fsp3) is 0.500. The van der Waals surface area contributed by atoms with Crippen molar-refractivity contribution < 1.29 is 4.74 Å². The summed E-state index contributed by atoms with van der Waals surface area (Å²) in [6.45, 7) is 1.80. The van der Waals surface area contributed by atoms with Crippen molar-refractivity contribution in [3.8, 4) is 0 Å². The zero-order valence-electron chi connectivity index (χ0n) is 5.84. The van der Waals surface area contributed by atoms with Gasteiger partial charge in [0, 0.05) is 12.2 Å². The Morgan fingerprint density at radius 2 is 2.60 bits per heavy atom. The van der Waals surface area contributed by atoms with Gasteiger partial charge in [-0.3, -0.25) is 0 Å². The molecule has 2 nitrogen and oxygen atoms in total. The molecule has 0 spiro atoms. The van der Waals surface area contributed by atoms with E-state index in [0.29, 0.717) is 6.10 Å². The van der Waals surface area contributed by atoms with E-state index in [1.54, 1.807) is 0 Å². The predicted octanol–water partition coefficient (Wildman–Crippen LogP) is 0.819. The van der Waals surface area contributed by atoms with Crippen molar-refractivity contribution in [1.82, 2.24) is 5.32 Å². The first-order chi connectivity index (χ1) is 4.97. The van der Waals surface area contributed by atoms with Crippen molar-refractivity contribution in [2.75, 3.05) is 13.2 Å². The molecule has 0 aromatic rings. The van der Waals surface area contributed by atoms with E-state index in [9.17, 15) is 0 Å². The van der Waals surface area contributed by atoms with Crippen molar-refractivity contribution in [2.24, 2.45) is 0 Å². The molecule has 1 heterocycles. The number of ether oxygens (including phenoxy) is 1. The first-order valence-corrected chi connectivity index (χ1v) is 3.69. The Labute approximate surface area is 60.6 Å². The first-order valence-electron chi connectivity index (χ1n) is 3.69. The van der Waals surface area contributed by atoms with Gasteiger partial charge in [-0.05, 0) is 12.5 Å². The van der Waals surface area contributed by atoms with Crippen LogP contribution >= 0.6 is 0 Å². The predicted molar refractivity (Wildman–Crippen MR) is 39.6 cm³/mol. The average Bonchev–Trinajstić information content (AvgIpc) is 2.05. The van der Waals surface area contributed by atoms with Crippen molar-refractivity contribution in [1.29, 1.82) is 0 Å². The van der Waals surface area contributed by atoms with E-state index in [0.717, 1.165) is 19.6 Å². The molecule has 54 valence electrons. The van der Waals surface area contributed by atoms with Crippen LogP contribution in [0.4, 0.5) is 0 Å². The molecule has 0 amide bonds. The van der Waals surface area contributed by atoms with E-state index in [1.165, 1.54) is 5.70 Å². The summed E-state index contributed by atoms with van der Waals surface area (Å²) in [6.07, 6.45) is 7.65. The lowest BCUT2D eigenvalue weighted by atomic mass is 10.1. The quantitative estimate of drug-likeness (QED) is 0.533. The van der Waals surface area contributed by atoms with Crippen molar-refractivity contribution in [2.45, 2.75) is 12.5 Å². The van der Waals surface area contributed by atoms with Gasteiger partial charge in [0.1, 0.15) is 6.10 Å². The summed E-state index contributed by atoms with van der Waals surface area (Å²) in [4.78, 5) is 0.